The molecule has 2 aliphatic heterocycles. The largest absolute Gasteiger partial charge is 0.492 e. The van der Waals surface area contributed by atoms with E-state index in [0.717, 1.165) is 44.0 Å². The Balaban J connectivity index is 1.32. The van der Waals surface area contributed by atoms with Gasteiger partial charge in [0.1, 0.15) is 24.0 Å². The summed E-state index contributed by atoms with van der Waals surface area (Å²) in [5, 5.41) is 0. The fourth-order valence-electron chi connectivity index (χ4n) is 4.12. The van der Waals surface area contributed by atoms with Crippen LogP contribution in [0.3, 0.4) is 0 Å². The Kier molecular flexibility index (Phi) is 7.09. The Hall–Kier alpha value is -2.58. The molecule has 4 rings (SSSR count). The van der Waals surface area contributed by atoms with Crippen molar-refractivity contribution < 1.29 is 18.7 Å². The predicted molar refractivity (Wildman–Crippen MR) is 114 cm³/mol. The molecule has 0 radical (unpaired) electrons. The smallest absolute Gasteiger partial charge is 0.257 e. The van der Waals surface area contributed by atoms with E-state index in [1.54, 1.807) is 23.2 Å². The monoisotopic (exact) mass is 428 g/mol. The first kappa shape index (κ1) is 21.6. The van der Waals surface area contributed by atoms with Gasteiger partial charge >= 0.3 is 0 Å². The molecule has 1 aromatic carbocycles. The van der Waals surface area contributed by atoms with Crippen LogP contribution < -0.4 is 4.74 Å². The molecular formula is C23H29FN4O3. The topological polar surface area (TPSA) is 67.8 Å². The van der Waals surface area contributed by atoms with Gasteiger partial charge in [-0.15, -0.1) is 0 Å². The van der Waals surface area contributed by atoms with Gasteiger partial charge in [-0.3, -0.25) is 9.69 Å². The molecule has 8 heteroatoms. The van der Waals surface area contributed by atoms with Crippen LogP contribution in [0.1, 0.15) is 40.6 Å². The van der Waals surface area contributed by atoms with Gasteiger partial charge in [0.15, 0.2) is 0 Å². The van der Waals surface area contributed by atoms with Crippen molar-refractivity contribution in [3.05, 3.63) is 53.4 Å². The summed E-state index contributed by atoms with van der Waals surface area (Å²) in [6.07, 6.45) is 3.79. The number of rotatable bonds is 6. The summed E-state index contributed by atoms with van der Waals surface area (Å²) in [6, 6.07) is 6.09. The predicted octanol–water partition coefficient (Wildman–Crippen LogP) is 2.65. The van der Waals surface area contributed by atoms with Gasteiger partial charge in [-0.05, 0) is 50.6 Å². The van der Waals surface area contributed by atoms with Gasteiger partial charge in [-0.25, -0.2) is 14.4 Å². The van der Waals surface area contributed by atoms with Gasteiger partial charge < -0.3 is 14.4 Å². The second-order valence-electron chi connectivity index (χ2n) is 8.07. The molecule has 0 spiro atoms. The fourth-order valence-corrected chi connectivity index (χ4v) is 4.12. The highest BCUT2D eigenvalue weighted by molar-refractivity contribution is 5.95. The molecule has 0 aliphatic carbocycles. The molecular weight excluding hydrogens is 399 g/mol. The van der Waals surface area contributed by atoms with Crippen LogP contribution in [0, 0.1) is 12.7 Å². The zero-order valence-electron chi connectivity index (χ0n) is 17.9. The van der Waals surface area contributed by atoms with Crippen molar-refractivity contribution in [2.45, 2.75) is 25.7 Å². The minimum absolute atomic E-state index is 0.0180. The number of piperidine rings is 1. The van der Waals surface area contributed by atoms with E-state index in [1.807, 2.05) is 6.92 Å². The van der Waals surface area contributed by atoms with E-state index in [2.05, 4.69) is 9.88 Å². The number of hydrogen-bond acceptors (Lipinski definition) is 6. The third-order valence-electron chi connectivity index (χ3n) is 5.89. The molecule has 3 heterocycles. The second kappa shape index (κ2) is 10.2. The third kappa shape index (κ3) is 5.57. The summed E-state index contributed by atoms with van der Waals surface area (Å²) in [6.45, 7) is 7.47. The van der Waals surface area contributed by atoms with Gasteiger partial charge in [-0.2, -0.15) is 0 Å². The van der Waals surface area contributed by atoms with Gasteiger partial charge in [-0.1, -0.05) is 0 Å². The maximum absolute atomic E-state index is 13.0. The number of carbonyl (C=O) groups is 1. The van der Waals surface area contributed by atoms with Crippen LogP contribution in [0.25, 0.3) is 0 Å². The van der Waals surface area contributed by atoms with Gasteiger partial charge in [0.2, 0.25) is 0 Å². The molecule has 31 heavy (non-hydrogen) atoms. The number of likely N-dealkylation sites (tertiary alicyclic amines) is 1. The number of morpholine rings is 1. The maximum Gasteiger partial charge on any atom is 0.257 e. The van der Waals surface area contributed by atoms with Crippen molar-refractivity contribution in [3.8, 4) is 5.75 Å². The summed E-state index contributed by atoms with van der Waals surface area (Å²) in [7, 11) is 0. The number of aryl methyl sites for hydroxylation is 1. The molecule has 166 valence electrons. The van der Waals surface area contributed by atoms with E-state index in [9.17, 15) is 9.18 Å². The van der Waals surface area contributed by atoms with E-state index < -0.39 is 0 Å². The zero-order chi connectivity index (χ0) is 21.6. The lowest BCUT2D eigenvalue weighted by Crippen LogP contribution is -2.41. The minimum atomic E-state index is -0.265. The maximum atomic E-state index is 13.0. The molecule has 2 fully saturated rings. The van der Waals surface area contributed by atoms with Crippen LogP contribution in [0.2, 0.25) is 0 Å². The average Bonchev–Trinajstić information content (AvgIpc) is 2.81. The number of carbonyl (C=O) groups excluding carboxylic acids is 1. The average molecular weight is 429 g/mol. The molecule has 2 aromatic rings. The summed E-state index contributed by atoms with van der Waals surface area (Å²) in [5.74, 6) is 1.44. The van der Waals surface area contributed by atoms with Gasteiger partial charge in [0, 0.05) is 38.3 Å². The minimum Gasteiger partial charge on any atom is -0.492 e. The number of benzene rings is 1. The van der Waals surface area contributed by atoms with Crippen LogP contribution >= 0.6 is 0 Å². The van der Waals surface area contributed by atoms with Crippen LogP contribution in [-0.4, -0.2) is 78.2 Å². The van der Waals surface area contributed by atoms with Crippen molar-refractivity contribution in [2.24, 2.45) is 0 Å². The first-order valence-corrected chi connectivity index (χ1v) is 10.9. The number of aromatic nitrogens is 2. The Labute approximate surface area is 182 Å². The Morgan fingerprint density at radius 2 is 2.00 bits per heavy atom. The normalized spacial score (nSPS) is 19.9. The fraction of sp³-hybridized carbons (Fsp3) is 0.522. The number of halogens is 1. The first-order valence-electron chi connectivity index (χ1n) is 10.9. The Morgan fingerprint density at radius 1 is 1.23 bits per heavy atom. The van der Waals surface area contributed by atoms with Gasteiger partial charge in [0.05, 0.1) is 24.5 Å². The van der Waals surface area contributed by atoms with Crippen molar-refractivity contribution in [1.82, 2.24) is 19.8 Å². The first-order chi connectivity index (χ1) is 15.1. The lowest BCUT2D eigenvalue weighted by molar-refractivity contribution is 0.0301. The quantitative estimate of drug-likeness (QED) is 0.705. The molecule has 1 amide bonds. The van der Waals surface area contributed by atoms with E-state index >= 15 is 0 Å². The SMILES string of the molecule is Cc1nc([C@H]2CCCN(CCOc3ccc(F)cc3)C2)ncc1C(=O)N1CCOCC1. The van der Waals surface area contributed by atoms with Crippen LogP contribution in [0.5, 0.6) is 5.75 Å². The number of nitrogens with zero attached hydrogens (tertiary/aromatic N) is 4. The van der Waals surface area contributed by atoms with E-state index in [1.165, 1.54) is 12.1 Å². The van der Waals surface area contributed by atoms with Crippen LogP contribution in [0.15, 0.2) is 30.5 Å². The van der Waals surface area contributed by atoms with E-state index in [-0.39, 0.29) is 17.6 Å². The number of hydrogen-bond donors (Lipinski definition) is 0. The summed E-state index contributed by atoms with van der Waals surface area (Å²) in [4.78, 5) is 26.2. The molecule has 0 unspecified atom stereocenters. The van der Waals surface area contributed by atoms with Crippen molar-refractivity contribution in [2.75, 3.05) is 52.5 Å². The molecule has 0 N–H and O–H groups in total. The lowest BCUT2D eigenvalue weighted by Gasteiger charge is -2.32. The van der Waals surface area contributed by atoms with Crippen molar-refractivity contribution in [3.63, 3.8) is 0 Å². The number of ether oxygens (including phenoxy) is 2. The highest BCUT2D eigenvalue weighted by atomic mass is 19.1. The Bertz CT molecular complexity index is 887. The molecule has 0 saturated carbocycles. The number of amides is 1. The summed E-state index contributed by atoms with van der Waals surface area (Å²) < 4.78 is 24.1. The molecule has 2 aliphatic rings. The van der Waals surface area contributed by atoms with E-state index in [0.29, 0.717) is 44.2 Å². The van der Waals surface area contributed by atoms with Crippen molar-refractivity contribution in [1.29, 1.82) is 0 Å². The molecule has 0 bridgehead atoms. The molecule has 2 saturated heterocycles. The molecule has 7 nitrogen and oxygen atoms in total. The molecule has 1 atom stereocenters. The van der Waals surface area contributed by atoms with Gasteiger partial charge in [0.25, 0.3) is 5.91 Å². The molecule has 1 aromatic heterocycles. The highest BCUT2D eigenvalue weighted by Crippen LogP contribution is 2.25. The summed E-state index contributed by atoms with van der Waals surface area (Å²) >= 11 is 0. The lowest BCUT2D eigenvalue weighted by atomic mass is 9.97. The third-order valence-corrected chi connectivity index (χ3v) is 5.89. The zero-order valence-corrected chi connectivity index (χ0v) is 17.9. The Morgan fingerprint density at radius 3 is 2.74 bits per heavy atom. The summed E-state index contributed by atoms with van der Waals surface area (Å²) in [5.41, 5.74) is 1.31. The highest BCUT2D eigenvalue weighted by Gasteiger charge is 2.26. The standard InChI is InChI=1S/C23H29FN4O3/c1-17-21(23(29)28-10-12-30-13-11-28)15-25-22(26-17)18-3-2-8-27(16-18)9-14-31-20-6-4-19(24)5-7-20/h4-7,15,18H,2-3,8-14,16H2,1H3/t18-/m0/s1. The van der Waals surface area contributed by atoms with Crippen molar-refractivity contribution >= 4 is 5.91 Å². The van der Waals surface area contributed by atoms with Crippen LogP contribution in [0.4, 0.5) is 4.39 Å². The van der Waals surface area contributed by atoms with E-state index in [4.69, 9.17) is 14.5 Å². The van der Waals surface area contributed by atoms with Crippen LogP contribution in [-0.2, 0) is 4.74 Å². The second-order valence-corrected chi connectivity index (χ2v) is 8.07.